The van der Waals surface area contributed by atoms with Gasteiger partial charge in [0.25, 0.3) is 5.91 Å². The molecule has 2 aliphatic carbocycles. The number of ether oxygens (including phenoxy) is 3. The SMILES string of the molecule is C[C@H]1[C@@H](Oc2ccc(C(=O)N[C@H](C(=O)O)C3CCC3)cc2)O[C@@H]2O[C@@]3(C)CC[C@H]4[C@H](C)CC[C@@H]1[C@@]24OO3. The molecule has 7 rings (SSSR count). The second kappa shape index (κ2) is 9.22. The third kappa shape index (κ3) is 4.15. The third-order valence-electron chi connectivity index (χ3n) is 9.64. The van der Waals surface area contributed by atoms with Gasteiger partial charge in [0.15, 0.2) is 11.9 Å². The normalized spacial score (nSPS) is 41.6. The second-order valence-corrected chi connectivity index (χ2v) is 11.9. The Morgan fingerprint density at radius 1 is 1.05 bits per heavy atom. The molecule has 9 heteroatoms. The van der Waals surface area contributed by atoms with Gasteiger partial charge < -0.3 is 24.6 Å². The van der Waals surface area contributed by atoms with E-state index in [-0.39, 0.29) is 23.7 Å². The molecule has 2 bridgehead atoms. The first kappa shape index (κ1) is 25.1. The largest absolute Gasteiger partial charge is 0.480 e. The van der Waals surface area contributed by atoms with E-state index in [1.807, 2.05) is 6.92 Å². The van der Waals surface area contributed by atoms with Crippen LogP contribution in [0, 0.1) is 29.6 Å². The minimum Gasteiger partial charge on any atom is -0.480 e. The molecule has 1 amide bonds. The van der Waals surface area contributed by atoms with E-state index in [1.165, 1.54) is 0 Å². The van der Waals surface area contributed by atoms with Gasteiger partial charge >= 0.3 is 5.97 Å². The quantitative estimate of drug-likeness (QED) is 0.541. The van der Waals surface area contributed by atoms with E-state index >= 15 is 0 Å². The van der Waals surface area contributed by atoms with Crippen LogP contribution in [0.4, 0.5) is 0 Å². The van der Waals surface area contributed by atoms with Crippen LogP contribution in [0.5, 0.6) is 5.75 Å². The van der Waals surface area contributed by atoms with Crippen LogP contribution >= 0.6 is 0 Å². The van der Waals surface area contributed by atoms with Gasteiger partial charge in [-0.3, -0.25) is 4.79 Å². The van der Waals surface area contributed by atoms with Gasteiger partial charge in [-0.2, -0.15) is 0 Å². The highest BCUT2D eigenvalue weighted by Gasteiger charge is 2.69. The van der Waals surface area contributed by atoms with Gasteiger partial charge in [0.1, 0.15) is 11.8 Å². The first-order chi connectivity index (χ1) is 17.7. The first-order valence-corrected chi connectivity index (χ1v) is 13.7. The molecule has 6 aliphatic rings. The van der Waals surface area contributed by atoms with Crippen LogP contribution in [0.3, 0.4) is 0 Å². The van der Waals surface area contributed by atoms with Crippen molar-refractivity contribution in [1.82, 2.24) is 5.32 Å². The summed E-state index contributed by atoms with van der Waals surface area (Å²) in [4.78, 5) is 36.4. The fraction of sp³-hybridized carbons (Fsp3) is 0.714. The van der Waals surface area contributed by atoms with Crippen LogP contribution in [0.15, 0.2) is 24.3 Å². The van der Waals surface area contributed by atoms with Crippen molar-refractivity contribution in [2.75, 3.05) is 0 Å². The lowest BCUT2D eigenvalue weighted by atomic mass is 9.58. The van der Waals surface area contributed by atoms with Crippen molar-refractivity contribution >= 4 is 11.9 Å². The smallest absolute Gasteiger partial charge is 0.326 e. The molecule has 4 saturated heterocycles. The molecule has 6 fully saturated rings. The number of aliphatic carboxylic acids is 1. The summed E-state index contributed by atoms with van der Waals surface area (Å²) in [7, 11) is 0. The van der Waals surface area contributed by atoms with Gasteiger partial charge in [-0.25, -0.2) is 14.6 Å². The lowest BCUT2D eigenvalue weighted by Gasteiger charge is -2.60. The fourth-order valence-corrected chi connectivity index (χ4v) is 7.20. The minimum atomic E-state index is -0.990. The molecule has 0 radical (unpaired) electrons. The van der Waals surface area contributed by atoms with Gasteiger partial charge in [-0.05, 0) is 81.0 Å². The van der Waals surface area contributed by atoms with Crippen LogP contribution in [-0.4, -0.2) is 47.0 Å². The number of rotatable bonds is 6. The predicted molar refractivity (Wildman–Crippen MR) is 130 cm³/mol. The predicted octanol–water partition coefficient (Wildman–Crippen LogP) is 4.26. The average Bonchev–Trinajstić information content (AvgIpc) is 3.07. The van der Waals surface area contributed by atoms with Crippen LogP contribution in [-0.2, 0) is 24.0 Å². The molecule has 1 spiro atoms. The second-order valence-electron chi connectivity index (χ2n) is 11.9. The molecule has 4 heterocycles. The molecule has 9 atom stereocenters. The van der Waals surface area contributed by atoms with Gasteiger partial charge in [-0.15, -0.1) is 0 Å². The number of fused-ring (bicyclic) bond motifs is 2. The Morgan fingerprint density at radius 2 is 1.81 bits per heavy atom. The molecule has 9 nitrogen and oxygen atoms in total. The van der Waals surface area contributed by atoms with Gasteiger partial charge in [0, 0.05) is 23.8 Å². The molecule has 2 saturated carbocycles. The summed E-state index contributed by atoms with van der Waals surface area (Å²) in [5.41, 5.74) is -0.253. The summed E-state index contributed by atoms with van der Waals surface area (Å²) < 4.78 is 19.2. The van der Waals surface area contributed by atoms with Crippen molar-refractivity contribution in [3.05, 3.63) is 29.8 Å². The highest BCUT2D eigenvalue weighted by Crippen LogP contribution is 2.60. The number of carboxylic acids is 1. The van der Waals surface area contributed by atoms with E-state index in [1.54, 1.807) is 24.3 Å². The zero-order valence-electron chi connectivity index (χ0n) is 21.7. The zero-order chi connectivity index (χ0) is 25.9. The molecule has 4 aliphatic heterocycles. The van der Waals surface area contributed by atoms with Crippen LogP contribution < -0.4 is 10.1 Å². The van der Waals surface area contributed by atoms with E-state index in [9.17, 15) is 14.7 Å². The van der Waals surface area contributed by atoms with Crippen molar-refractivity contribution in [3.8, 4) is 5.75 Å². The Balaban J connectivity index is 1.17. The summed E-state index contributed by atoms with van der Waals surface area (Å²) in [5, 5.41) is 12.2. The van der Waals surface area contributed by atoms with E-state index < -0.39 is 41.9 Å². The zero-order valence-corrected chi connectivity index (χ0v) is 21.7. The van der Waals surface area contributed by atoms with E-state index in [4.69, 9.17) is 24.0 Å². The standard InChI is InChI=1S/C28H37NO8/c1-15-7-12-21-16(2)25(34-26-28(21)20(15)13-14-27(3,35-26)36-37-28)33-19-10-8-18(9-11-19)23(30)29-22(24(31)32)17-5-4-6-17/h8-11,15-17,20-22,25-26H,4-7,12-14H2,1-3H3,(H,29,30)(H,31,32)/t15-,16-,20+,21+,22+,25+,26-,27-,28-/m1/s1. The molecule has 37 heavy (non-hydrogen) atoms. The molecule has 202 valence electrons. The lowest BCUT2D eigenvalue weighted by molar-refractivity contribution is -0.575. The first-order valence-electron chi connectivity index (χ1n) is 13.7. The van der Waals surface area contributed by atoms with E-state index in [2.05, 4.69) is 19.2 Å². The number of hydrogen-bond donors (Lipinski definition) is 2. The van der Waals surface area contributed by atoms with E-state index in [0.29, 0.717) is 17.2 Å². The Morgan fingerprint density at radius 3 is 2.49 bits per heavy atom. The lowest BCUT2D eigenvalue weighted by Crippen LogP contribution is -2.70. The molecule has 0 unspecified atom stereocenters. The summed E-state index contributed by atoms with van der Waals surface area (Å²) in [6.45, 7) is 6.31. The van der Waals surface area contributed by atoms with Crippen molar-refractivity contribution in [2.24, 2.45) is 29.6 Å². The highest BCUT2D eigenvalue weighted by atomic mass is 17.3. The Kier molecular flexibility index (Phi) is 6.25. The van der Waals surface area contributed by atoms with Crippen LogP contribution in [0.1, 0.15) is 76.1 Å². The van der Waals surface area contributed by atoms with Crippen molar-refractivity contribution in [3.63, 3.8) is 0 Å². The molecule has 0 aromatic heterocycles. The summed E-state index contributed by atoms with van der Waals surface area (Å²) in [6, 6.07) is 5.90. The Labute approximate surface area is 217 Å². The van der Waals surface area contributed by atoms with Gasteiger partial charge in [0.2, 0.25) is 12.1 Å². The molecule has 2 N–H and O–H groups in total. The number of hydrogen-bond acceptors (Lipinski definition) is 7. The number of carboxylic acid groups (broad SMARTS) is 1. The topological polar surface area (TPSA) is 113 Å². The fourth-order valence-electron chi connectivity index (χ4n) is 7.20. The number of carbonyl (C=O) groups excluding carboxylic acids is 1. The Bertz CT molecular complexity index is 1040. The van der Waals surface area contributed by atoms with E-state index in [0.717, 1.165) is 44.9 Å². The van der Waals surface area contributed by atoms with Crippen molar-refractivity contribution in [1.29, 1.82) is 0 Å². The summed E-state index contributed by atoms with van der Waals surface area (Å²) in [6.07, 6.45) is 5.34. The maximum atomic E-state index is 12.7. The maximum absolute atomic E-state index is 12.7. The molecule has 1 aromatic carbocycles. The third-order valence-corrected chi connectivity index (χ3v) is 9.64. The molecule has 1 aromatic rings. The number of nitrogens with one attached hydrogen (secondary N) is 1. The van der Waals surface area contributed by atoms with Crippen molar-refractivity contribution in [2.45, 2.75) is 95.7 Å². The maximum Gasteiger partial charge on any atom is 0.326 e. The summed E-state index contributed by atoms with van der Waals surface area (Å²) in [5.74, 6) is -0.696. The number of benzene rings is 1. The minimum absolute atomic E-state index is 0.00206. The molecular weight excluding hydrogens is 478 g/mol. The number of amides is 1. The summed E-state index contributed by atoms with van der Waals surface area (Å²) >= 11 is 0. The monoisotopic (exact) mass is 515 g/mol. The van der Waals surface area contributed by atoms with Gasteiger partial charge in [0.05, 0.1) is 0 Å². The Hall–Kier alpha value is -2.20. The van der Waals surface area contributed by atoms with Crippen LogP contribution in [0.2, 0.25) is 0 Å². The van der Waals surface area contributed by atoms with Gasteiger partial charge in [-0.1, -0.05) is 20.3 Å². The van der Waals surface area contributed by atoms with Crippen molar-refractivity contribution < 1.29 is 38.7 Å². The number of carbonyl (C=O) groups is 2. The highest BCUT2D eigenvalue weighted by molar-refractivity contribution is 5.96. The van der Waals surface area contributed by atoms with Crippen LogP contribution in [0.25, 0.3) is 0 Å². The average molecular weight is 516 g/mol. The molecular formula is C28H37NO8.